The van der Waals surface area contributed by atoms with Gasteiger partial charge in [-0.05, 0) is 56.0 Å². The number of likely N-dealkylation sites (tertiary alicyclic amines) is 1. The summed E-state index contributed by atoms with van der Waals surface area (Å²) in [5.74, 6) is 1.25. The number of nitrogens with one attached hydrogen (secondary N) is 1. The molecule has 1 aromatic heterocycles. The van der Waals surface area contributed by atoms with E-state index in [0.29, 0.717) is 26.2 Å². The van der Waals surface area contributed by atoms with Crippen molar-refractivity contribution in [2.75, 3.05) is 32.1 Å². The van der Waals surface area contributed by atoms with Gasteiger partial charge in [0.15, 0.2) is 0 Å². The van der Waals surface area contributed by atoms with Gasteiger partial charge in [0, 0.05) is 25.2 Å². The lowest BCUT2D eigenvalue weighted by Gasteiger charge is -2.20. The zero-order valence-corrected chi connectivity index (χ0v) is 18.5. The molecular weight excluding hydrogens is 411 g/mol. The number of benzene rings is 2. The van der Waals surface area contributed by atoms with Gasteiger partial charge in [0.05, 0.1) is 31.3 Å². The molecule has 32 heavy (non-hydrogen) atoms. The lowest BCUT2D eigenvalue weighted by Crippen LogP contribution is -2.33. The minimum atomic E-state index is -0.256. The van der Waals surface area contributed by atoms with Gasteiger partial charge in [0.25, 0.3) is 0 Å². The van der Waals surface area contributed by atoms with Crippen molar-refractivity contribution in [2.24, 2.45) is 0 Å². The SMILES string of the molecule is CCOC(=O)N1CCCC(Nc2nc3ccc(OC)cc3n2Cc2ccc(F)cc2)CC1. The summed E-state index contributed by atoms with van der Waals surface area (Å²) in [6.07, 6.45) is 2.38. The van der Waals surface area contributed by atoms with Crippen molar-refractivity contribution in [3.05, 3.63) is 53.8 Å². The summed E-state index contributed by atoms with van der Waals surface area (Å²) in [6, 6.07) is 12.5. The number of amides is 1. The van der Waals surface area contributed by atoms with E-state index in [-0.39, 0.29) is 18.0 Å². The molecule has 170 valence electrons. The van der Waals surface area contributed by atoms with Gasteiger partial charge < -0.3 is 24.3 Å². The first-order valence-corrected chi connectivity index (χ1v) is 11.0. The van der Waals surface area contributed by atoms with Gasteiger partial charge in [0.2, 0.25) is 5.95 Å². The number of ether oxygens (including phenoxy) is 2. The van der Waals surface area contributed by atoms with E-state index in [1.165, 1.54) is 12.1 Å². The number of carbonyl (C=O) groups is 1. The number of imidazole rings is 1. The molecule has 1 amide bonds. The van der Waals surface area contributed by atoms with Crippen LogP contribution < -0.4 is 10.1 Å². The lowest BCUT2D eigenvalue weighted by atomic mass is 10.1. The number of carbonyl (C=O) groups excluding carboxylic acids is 1. The summed E-state index contributed by atoms with van der Waals surface area (Å²) in [5, 5.41) is 3.60. The van der Waals surface area contributed by atoms with E-state index in [2.05, 4.69) is 9.88 Å². The van der Waals surface area contributed by atoms with E-state index in [1.54, 1.807) is 24.1 Å². The molecule has 1 saturated heterocycles. The Morgan fingerprint density at radius 2 is 2.00 bits per heavy atom. The largest absolute Gasteiger partial charge is 0.497 e. The highest BCUT2D eigenvalue weighted by atomic mass is 19.1. The van der Waals surface area contributed by atoms with Crippen LogP contribution in [0.3, 0.4) is 0 Å². The van der Waals surface area contributed by atoms with Crippen LogP contribution in [0, 0.1) is 5.82 Å². The van der Waals surface area contributed by atoms with Crippen LogP contribution >= 0.6 is 0 Å². The number of methoxy groups -OCH3 is 1. The molecule has 1 unspecified atom stereocenters. The first-order valence-electron chi connectivity index (χ1n) is 11.0. The second kappa shape index (κ2) is 9.89. The van der Waals surface area contributed by atoms with E-state index in [1.807, 2.05) is 25.1 Å². The molecule has 2 aromatic carbocycles. The standard InChI is InChI=1S/C24H29FN4O3/c1-3-32-24(30)28-13-4-5-19(12-14-28)26-23-27-21-11-10-20(31-2)15-22(21)29(23)16-17-6-8-18(25)9-7-17/h6-11,15,19H,3-5,12-14,16H2,1-2H3,(H,26,27). The highest BCUT2D eigenvalue weighted by molar-refractivity contribution is 5.80. The van der Waals surface area contributed by atoms with Crippen molar-refractivity contribution in [1.29, 1.82) is 0 Å². The van der Waals surface area contributed by atoms with Gasteiger partial charge in [-0.15, -0.1) is 0 Å². The number of fused-ring (bicyclic) bond motifs is 1. The van der Waals surface area contributed by atoms with E-state index in [4.69, 9.17) is 14.5 Å². The molecule has 0 aliphatic carbocycles. The fourth-order valence-electron chi connectivity index (χ4n) is 4.09. The molecule has 1 N–H and O–H groups in total. The Hall–Kier alpha value is -3.29. The first kappa shape index (κ1) is 21.9. The lowest BCUT2D eigenvalue weighted by molar-refractivity contribution is 0.108. The summed E-state index contributed by atoms with van der Waals surface area (Å²) in [7, 11) is 1.64. The average Bonchev–Trinajstić information content (AvgIpc) is 2.96. The third kappa shape index (κ3) is 4.95. The molecule has 3 aromatic rings. The Morgan fingerprint density at radius 1 is 1.19 bits per heavy atom. The fraction of sp³-hybridized carbons (Fsp3) is 0.417. The predicted molar refractivity (Wildman–Crippen MR) is 122 cm³/mol. The maximum atomic E-state index is 13.4. The van der Waals surface area contributed by atoms with Crippen molar-refractivity contribution in [1.82, 2.24) is 14.5 Å². The van der Waals surface area contributed by atoms with Crippen molar-refractivity contribution < 1.29 is 18.7 Å². The van der Waals surface area contributed by atoms with Gasteiger partial charge in [-0.25, -0.2) is 14.2 Å². The quantitative estimate of drug-likeness (QED) is 0.604. The monoisotopic (exact) mass is 440 g/mol. The molecule has 0 bridgehead atoms. The number of anilines is 1. The summed E-state index contributed by atoms with van der Waals surface area (Å²) in [4.78, 5) is 18.7. The summed E-state index contributed by atoms with van der Waals surface area (Å²) < 4.78 is 26.1. The topological polar surface area (TPSA) is 68.6 Å². The van der Waals surface area contributed by atoms with E-state index in [9.17, 15) is 9.18 Å². The van der Waals surface area contributed by atoms with Crippen LogP contribution in [0.2, 0.25) is 0 Å². The second-order valence-corrected chi connectivity index (χ2v) is 7.96. The van der Waals surface area contributed by atoms with E-state index >= 15 is 0 Å². The fourth-order valence-corrected chi connectivity index (χ4v) is 4.09. The van der Waals surface area contributed by atoms with Crippen molar-refractivity contribution in [2.45, 2.75) is 38.8 Å². The van der Waals surface area contributed by atoms with Crippen LogP contribution in [0.4, 0.5) is 15.1 Å². The minimum Gasteiger partial charge on any atom is -0.497 e. The zero-order chi connectivity index (χ0) is 22.5. The van der Waals surface area contributed by atoms with Crippen LogP contribution in [0.15, 0.2) is 42.5 Å². The highest BCUT2D eigenvalue weighted by Crippen LogP contribution is 2.27. The van der Waals surface area contributed by atoms with Crippen molar-refractivity contribution in [3.63, 3.8) is 0 Å². The molecule has 0 saturated carbocycles. The smallest absolute Gasteiger partial charge is 0.409 e. The Morgan fingerprint density at radius 3 is 2.75 bits per heavy atom. The summed E-state index contributed by atoms with van der Waals surface area (Å²) in [5.41, 5.74) is 2.78. The number of aromatic nitrogens is 2. The van der Waals surface area contributed by atoms with E-state index < -0.39 is 0 Å². The maximum Gasteiger partial charge on any atom is 0.409 e. The van der Waals surface area contributed by atoms with Crippen LogP contribution in [-0.4, -0.2) is 53.4 Å². The van der Waals surface area contributed by atoms with Crippen molar-refractivity contribution >= 4 is 23.1 Å². The highest BCUT2D eigenvalue weighted by Gasteiger charge is 2.23. The Bertz CT molecular complexity index is 1070. The number of hydrogen-bond donors (Lipinski definition) is 1. The number of halogens is 1. The second-order valence-electron chi connectivity index (χ2n) is 7.96. The Labute approximate surface area is 187 Å². The average molecular weight is 441 g/mol. The molecule has 0 radical (unpaired) electrons. The minimum absolute atomic E-state index is 0.181. The molecule has 1 aliphatic rings. The van der Waals surface area contributed by atoms with Gasteiger partial charge in [0.1, 0.15) is 11.6 Å². The van der Waals surface area contributed by atoms with Gasteiger partial charge in [-0.1, -0.05) is 12.1 Å². The van der Waals surface area contributed by atoms with Crippen LogP contribution in [0.5, 0.6) is 5.75 Å². The molecule has 1 aliphatic heterocycles. The number of hydrogen-bond acceptors (Lipinski definition) is 5. The molecule has 4 rings (SSSR count). The predicted octanol–water partition coefficient (Wildman–Crippen LogP) is 4.66. The van der Waals surface area contributed by atoms with Gasteiger partial charge >= 0.3 is 6.09 Å². The molecule has 1 fully saturated rings. The van der Waals surface area contributed by atoms with Crippen LogP contribution in [-0.2, 0) is 11.3 Å². The molecule has 1 atom stereocenters. The molecule has 0 spiro atoms. The molecule has 2 heterocycles. The third-order valence-corrected chi connectivity index (χ3v) is 5.80. The van der Waals surface area contributed by atoms with Crippen LogP contribution in [0.1, 0.15) is 31.7 Å². The summed E-state index contributed by atoms with van der Waals surface area (Å²) in [6.45, 7) is 4.09. The van der Waals surface area contributed by atoms with E-state index in [0.717, 1.165) is 47.6 Å². The van der Waals surface area contributed by atoms with Crippen LogP contribution in [0.25, 0.3) is 11.0 Å². The number of nitrogens with zero attached hydrogens (tertiary/aromatic N) is 3. The summed E-state index contributed by atoms with van der Waals surface area (Å²) >= 11 is 0. The Kier molecular flexibility index (Phi) is 6.78. The first-order chi connectivity index (χ1) is 15.6. The maximum absolute atomic E-state index is 13.4. The van der Waals surface area contributed by atoms with Crippen molar-refractivity contribution in [3.8, 4) is 5.75 Å². The molecule has 7 nitrogen and oxygen atoms in total. The van der Waals surface area contributed by atoms with Gasteiger partial charge in [-0.3, -0.25) is 0 Å². The third-order valence-electron chi connectivity index (χ3n) is 5.80. The zero-order valence-electron chi connectivity index (χ0n) is 18.5. The molecular formula is C24H29FN4O3. The van der Waals surface area contributed by atoms with Gasteiger partial charge in [-0.2, -0.15) is 0 Å². The Balaban J connectivity index is 1.58. The molecule has 8 heteroatoms. The normalized spacial score (nSPS) is 16.6. The number of rotatable bonds is 6.